The van der Waals surface area contributed by atoms with Gasteiger partial charge in [-0.2, -0.15) is 0 Å². The Morgan fingerprint density at radius 2 is 2.00 bits per heavy atom. The Bertz CT molecular complexity index is 828. The number of halogens is 1. The summed E-state index contributed by atoms with van der Waals surface area (Å²) in [5.41, 5.74) is 1.41. The number of fused-ring (bicyclic) bond motifs is 1. The molecule has 0 unspecified atom stereocenters. The van der Waals surface area contributed by atoms with Crippen molar-refractivity contribution in [2.45, 2.75) is 0 Å². The molecule has 0 aliphatic rings. The fourth-order valence-corrected chi connectivity index (χ4v) is 2.34. The first-order chi connectivity index (χ1) is 10.1. The molecule has 1 aromatic heterocycles. The molecule has 2 aromatic carbocycles. The fourth-order valence-electron chi connectivity index (χ4n) is 2.17. The first-order valence-corrected chi connectivity index (χ1v) is 6.65. The number of hydrogen-bond acceptors (Lipinski definition) is 3. The molecule has 21 heavy (non-hydrogen) atoms. The summed E-state index contributed by atoms with van der Waals surface area (Å²) >= 11 is 5.86. The van der Waals surface area contributed by atoms with Crippen LogP contribution in [0.4, 0.5) is 11.4 Å². The van der Waals surface area contributed by atoms with Gasteiger partial charge in [-0.15, -0.1) is 0 Å². The Labute approximate surface area is 126 Å². The number of anilines is 2. The van der Waals surface area contributed by atoms with E-state index in [1.54, 1.807) is 24.5 Å². The topological polar surface area (TPSA) is 62.2 Å². The average molecular weight is 299 g/mol. The third kappa shape index (κ3) is 2.66. The maximum Gasteiger partial charge on any atom is 0.337 e. The van der Waals surface area contributed by atoms with Crippen molar-refractivity contribution in [2.75, 3.05) is 5.32 Å². The summed E-state index contributed by atoms with van der Waals surface area (Å²) in [7, 11) is 0. The van der Waals surface area contributed by atoms with Gasteiger partial charge in [-0.25, -0.2) is 4.79 Å². The molecule has 0 atom stereocenters. The Hall–Kier alpha value is -2.59. The van der Waals surface area contributed by atoms with Gasteiger partial charge in [-0.3, -0.25) is 4.98 Å². The number of aromatic nitrogens is 1. The Kier molecular flexibility index (Phi) is 3.46. The largest absolute Gasteiger partial charge is 0.478 e. The van der Waals surface area contributed by atoms with E-state index in [0.29, 0.717) is 10.7 Å². The van der Waals surface area contributed by atoms with Crippen molar-refractivity contribution in [2.24, 2.45) is 0 Å². The molecule has 2 N–H and O–H groups in total. The summed E-state index contributed by atoms with van der Waals surface area (Å²) in [5.74, 6) is -1.03. The van der Waals surface area contributed by atoms with Gasteiger partial charge < -0.3 is 10.4 Å². The highest BCUT2D eigenvalue weighted by Gasteiger charge is 2.12. The molecule has 3 aromatic rings. The molecule has 0 saturated carbocycles. The van der Waals surface area contributed by atoms with Gasteiger partial charge in [-0.1, -0.05) is 23.7 Å². The molecule has 5 heteroatoms. The molecule has 0 radical (unpaired) electrons. The number of carboxylic acid groups (broad SMARTS) is 1. The molecule has 0 aliphatic heterocycles. The lowest BCUT2D eigenvalue weighted by Crippen LogP contribution is -2.03. The number of hydrogen-bond donors (Lipinski definition) is 2. The van der Waals surface area contributed by atoms with E-state index in [1.165, 1.54) is 6.07 Å². The molecule has 104 valence electrons. The second kappa shape index (κ2) is 5.42. The van der Waals surface area contributed by atoms with Crippen LogP contribution in [0, 0.1) is 0 Å². The van der Waals surface area contributed by atoms with Crippen LogP contribution in [0.5, 0.6) is 0 Å². The van der Waals surface area contributed by atoms with E-state index < -0.39 is 5.97 Å². The van der Waals surface area contributed by atoms with E-state index >= 15 is 0 Å². The van der Waals surface area contributed by atoms with E-state index in [0.717, 1.165) is 16.5 Å². The molecule has 3 rings (SSSR count). The smallest absolute Gasteiger partial charge is 0.337 e. The molecule has 4 nitrogen and oxygen atoms in total. The Morgan fingerprint density at radius 3 is 2.81 bits per heavy atom. The van der Waals surface area contributed by atoms with E-state index in [4.69, 9.17) is 11.6 Å². The summed E-state index contributed by atoms with van der Waals surface area (Å²) < 4.78 is 0. The summed E-state index contributed by atoms with van der Waals surface area (Å²) in [4.78, 5) is 15.4. The third-order valence-electron chi connectivity index (χ3n) is 3.17. The number of carbonyl (C=O) groups is 1. The number of nitrogens with zero attached hydrogens (tertiary/aromatic N) is 1. The van der Waals surface area contributed by atoms with Crippen LogP contribution in [0.2, 0.25) is 5.02 Å². The lowest BCUT2D eigenvalue weighted by Gasteiger charge is -2.12. The second-order valence-electron chi connectivity index (χ2n) is 4.52. The van der Waals surface area contributed by atoms with Crippen molar-refractivity contribution in [3.8, 4) is 0 Å². The van der Waals surface area contributed by atoms with Crippen LogP contribution in [0.25, 0.3) is 10.8 Å². The lowest BCUT2D eigenvalue weighted by atomic mass is 10.1. The van der Waals surface area contributed by atoms with Gasteiger partial charge in [-0.05, 0) is 35.7 Å². The van der Waals surface area contributed by atoms with E-state index in [9.17, 15) is 9.90 Å². The molecule has 0 bridgehead atoms. The number of benzene rings is 2. The van der Waals surface area contributed by atoms with Gasteiger partial charge in [0.1, 0.15) is 0 Å². The number of aromatic carboxylic acids is 1. The van der Waals surface area contributed by atoms with Crippen LogP contribution < -0.4 is 5.32 Å². The van der Waals surface area contributed by atoms with Crippen LogP contribution in [-0.2, 0) is 0 Å². The highest BCUT2D eigenvalue weighted by molar-refractivity contribution is 6.31. The molecule has 1 heterocycles. The minimum absolute atomic E-state index is 0.128. The SMILES string of the molecule is O=C(O)c1cc(Cl)ccc1Nc1cccc2ccncc12. The Morgan fingerprint density at radius 1 is 1.14 bits per heavy atom. The minimum atomic E-state index is -1.03. The molecular formula is C16H11ClN2O2. The third-order valence-corrected chi connectivity index (χ3v) is 3.40. The van der Waals surface area contributed by atoms with Crippen molar-refractivity contribution in [3.63, 3.8) is 0 Å². The van der Waals surface area contributed by atoms with Gasteiger partial charge in [0, 0.05) is 28.5 Å². The first kappa shape index (κ1) is 13.4. The monoisotopic (exact) mass is 298 g/mol. The number of pyridine rings is 1. The number of rotatable bonds is 3. The minimum Gasteiger partial charge on any atom is -0.478 e. The predicted molar refractivity (Wildman–Crippen MR) is 83.4 cm³/mol. The van der Waals surface area contributed by atoms with Gasteiger partial charge >= 0.3 is 5.97 Å². The zero-order valence-electron chi connectivity index (χ0n) is 10.9. The quantitative estimate of drug-likeness (QED) is 0.755. The zero-order valence-corrected chi connectivity index (χ0v) is 11.6. The first-order valence-electron chi connectivity index (χ1n) is 6.28. The zero-order chi connectivity index (χ0) is 14.8. The molecule has 0 saturated heterocycles. The van der Waals surface area contributed by atoms with E-state index in [1.807, 2.05) is 24.3 Å². The van der Waals surface area contributed by atoms with Crippen LogP contribution in [-0.4, -0.2) is 16.1 Å². The maximum atomic E-state index is 11.3. The van der Waals surface area contributed by atoms with Crippen LogP contribution >= 0.6 is 11.6 Å². The molecule has 0 spiro atoms. The van der Waals surface area contributed by atoms with Crippen LogP contribution in [0.1, 0.15) is 10.4 Å². The van der Waals surface area contributed by atoms with Crippen molar-refractivity contribution >= 4 is 39.7 Å². The van der Waals surface area contributed by atoms with Gasteiger partial charge in [0.15, 0.2) is 0 Å². The summed E-state index contributed by atoms with van der Waals surface area (Å²) in [6.45, 7) is 0. The predicted octanol–water partition coefficient (Wildman–Crippen LogP) is 4.33. The van der Waals surface area contributed by atoms with Gasteiger partial charge in [0.25, 0.3) is 0 Å². The fraction of sp³-hybridized carbons (Fsp3) is 0. The second-order valence-corrected chi connectivity index (χ2v) is 4.96. The standard InChI is InChI=1S/C16H11ClN2O2/c17-11-4-5-15(12(8-11)16(20)21)19-14-3-1-2-10-6-7-18-9-13(10)14/h1-9,19H,(H,20,21). The van der Waals surface area contributed by atoms with E-state index in [2.05, 4.69) is 10.3 Å². The summed E-state index contributed by atoms with van der Waals surface area (Å²) in [6.07, 6.45) is 3.46. The Balaban J connectivity index is 2.09. The number of nitrogens with one attached hydrogen (secondary N) is 1. The highest BCUT2D eigenvalue weighted by Crippen LogP contribution is 2.28. The lowest BCUT2D eigenvalue weighted by molar-refractivity contribution is 0.0698. The summed E-state index contributed by atoms with van der Waals surface area (Å²) in [5, 5.41) is 14.8. The molecule has 0 fully saturated rings. The van der Waals surface area contributed by atoms with Crippen molar-refractivity contribution < 1.29 is 9.90 Å². The van der Waals surface area contributed by atoms with Crippen molar-refractivity contribution in [1.29, 1.82) is 0 Å². The molecule has 0 amide bonds. The molecule has 0 aliphatic carbocycles. The van der Waals surface area contributed by atoms with Gasteiger partial charge in [0.05, 0.1) is 11.3 Å². The maximum absolute atomic E-state index is 11.3. The van der Waals surface area contributed by atoms with Crippen molar-refractivity contribution in [3.05, 3.63) is 65.4 Å². The summed E-state index contributed by atoms with van der Waals surface area (Å²) in [6, 6.07) is 12.4. The van der Waals surface area contributed by atoms with E-state index in [-0.39, 0.29) is 5.56 Å². The van der Waals surface area contributed by atoms with Crippen molar-refractivity contribution in [1.82, 2.24) is 4.98 Å². The van der Waals surface area contributed by atoms with Gasteiger partial charge in [0.2, 0.25) is 0 Å². The van der Waals surface area contributed by atoms with Crippen LogP contribution in [0.15, 0.2) is 54.9 Å². The number of carboxylic acids is 1. The van der Waals surface area contributed by atoms with Crippen LogP contribution in [0.3, 0.4) is 0 Å². The normalized spacial score (nSPS) is 10.5. The molecular weight excluding hydrogens is 288 g/mol. The average Bonchev–Trinajstić information content (AvgIpc) is 2.49. The highest BCUT2D eigenvalue weighted by atomic mass is 35.5.